The van der Waals surface area contributed by atoms with E-state index in [1.165, 1.54) is 0 Å². The van der Waals surface area contributed by atoms with E-state index in [1.807, 2.05) is 0 Å². The molecule has 70 valence electrons. The first-order valence-corrected chi connectivity index (χ1v) is 4.18. The Hall–Kier alpha value is -0.880. The van der Waals surface area contributed by atoms with Gasteiger partial charge in [-0.25, -0.2) is 0 Å². The first-order valence-electron chi connectivity index (χ1n) is 2.58. The van der Waals surface area contributed by atoms with Gasteiger partial charge in [0.1, 0.15) is 0 Å². The van der Waals surface area contributed by atoms with Gasteiger partial charge in [-0.2, -0.15) is 0 Å². The average molecular weight is 208 g/mol. The topological polar surface area (TPSA) is 86.2 Å². The molecule has 0 aliphatic rings. The highest BCUT2D eigenvalue weighted by atomic mass is 33.1. The van der Waals surface area contributed by atoms with Crippen LogP contribution in [0.4, 0.5) is 0 Å². The largest absolute Gasteiger partial charge is 0.366 e. The Bertz CT molecular complexity index is 142. The van der Waals surface area contributed by atoms with E-state index in [-0.39, 0.29) is 0 Å². The Morgan fingerprint density at radius 2 is 1.08 bits per heavy atom. The molecule has 6 heteroatoms. The molecule has 4 N–H and O–H groups in total. The van der Waals surface area contributed by atoms with Crippen LogP contribution in [0.5, 0.6) is 0 Å². The van der Waals surface area contributed by atoms with E-state index in [2.05, 4.69) is 47.9 Å². The first kappa shape index (κ1) is 17.3. The molecule has 0 atom stereocenters. The molecular formula is C6H12N2O2S2. The van der Waals surface area contributed by atoms with Gasteiger partial charge >= 0.3 is 0 Å². The summed E-state index contributed by atoms with van der Waals surface area (Å²) >= 11 is 6.44. The third-order valence-electron chi connectivity index (χ3n) is 0.402. The molecule has 0 aliphatic carbocycles. The summed E-state index contributed by atoms with van der Waals surface area (Å²) in [6.45, 7) is 6.17. The van der Waals surface area contributed by atoms with Gasteiger partial charge in [0.15, 0.2) is 0 Å². The molecule has 4 nitrogen and oxygen atoms in total. The fourth-order valence-electron chi connectivity index (χ4n) is 0. The standard InChI is InChI=1S/2C3H5NO.H2S2/c2*1-2-3(4)5;1-2/h2*2H,1H2,(H2,4,5);1-2H. The predicted octanol–water partition coefficient (Wildman–Crippen LogP) is 0.0764. The van der Waals surface area contributed by atoms with E-state index in [0.29, 0.717) is 0 Å². The zero-order valence-electron chi connectivity index (χ0n) is 6.43. The van der Waals surface area contributed by atoms with Gasteiger partial charge in [-0.05, 0) is 12.2 Å². The molecule has 0 rings (SSSR count). The molecule has 0 aromatic rings. The third-order valence-corrected chi connectivity index (χ3v) is 0.402. The molecule has 0 heterocycles. The fraction of sp³-hybridized carbons (Fsp3) is 0. The summed E-state index contributed by atoms with van der Waals surface area (Å²) in [6, 6.07) is 0. The van der Waals surface area contributed by atoms with Gasteiger partial charge in [0.05, 0.1) is 0 Å². The molecular weight excluding hydrogens is 196 g/mol. The Morgan fingerprint density at radius 3 is 1.08 bits per heavy atom. The Balaban J connectivity index is -0.000000112. The van der Waals surface area contributed by atoms with Crippen molar-refractivity contribution in [3.05, 3.63) is 25.3 Å². The molecule has 12 heavy (non-hydrogen) atoms. The van der Waals surface area contributed by atoms with Gasteiger partial charge in [-0.3, -0.25) is 9.59 Å². The molecule has 0 aliphatic heterocycles. The average Bonchev–Trinajstić information content (AvgIpc) is 2.09. The number of carbonyl (C=O) groups excluding carboxylic acids is 2. The van der Waals surface area contributed by atoms with Crippen LogP contribution in [0.3, 0.4) is 0 Å². The quantitative estimate of drug-likeness (QED) is 0.294. The third kappa shape index (κ3) is 61.8. The highest BCUT2D eigenvalue weighted by Gasteiger charge is 1.69. The van der Waals surface area contributed by atoms with Crippen LogP contribution in [0.1, 0.15) is 0 Å². The summed E-state index contributed by atoms with van der Waals surface area (Å²) < 4.78 is 0. The van der Waals surface area contributed by atoms with Crippen molar-refractivity contribution in [3.8, 4) is 0 Å². The van der Waals surface area contributed by atoms with Gasteiger partial charge < -0.3 is 11.5 Å². The zero-order chi connectivity index (χ0) is 10.6. The van der Waals surface area contributed by atoms with Gasteiger partial charge in [0, 0.05) is 0 Å². The van der Waals surface area contributed by atoms with Crippen LogP contribution in [0.15, 0.2) is 25.3 Å². The van der Waals surface area contributed by atoms with Gasteiger partial charge in [-0.1, -0.05) is 13.2 Å². The van der Waals surface area contributed by atoms with Crippen molar-refractivity contribution >= 4 is 35.1 Å². The van der Waals surface area contributed by atoms with Crippen LogP contribution in [0.25, 0.3) is 0 Å². The Morgan fingerprint density at radius 1 is 1.00 bits per heavy atom. The Kier molecular flexibility index (Phi) is 23.9. The summed E-state index contributed by atoms with van der Waals surface area (Å²) in [6.07, 6.45) is 2.11. The molecule has 0 bridgehead atoms. The lowest BCUT2D eigenvalue weighted by molar-refractivity contribution is -0.114. The predicted molar refractivity (Wildman–Crippen MR) is 56.8 cm³/mol. The number of rotatable bonds is 2. The van der Waals surface area contributed by atoms with Crippen molar-refractivity contribution in [3.63, 3.8) is 0 Å². The first-order chi connectivity index (χ1) is 5.54. The van der Waals surface area contributed by atoms with E-state index in [9.17, 15) is 9.59 Å². The van der Waals surface area contributed by atoms with E-state index >= 15 is 0 Å². The summed E-state index contributed by atoms with van der Waals surface area (Å²) in [4.78, 5) is 18.9. The van der Waals surface area contributed by atoms with E-state index in [0.717, 1.165) is 12.2 Å². The van der Waals surface area contributed by atoms with Crippen molar-refractivity contribution in [1.29, 1.82) is 0 Å². The highest BCUT2D eigenvalue weighted by molar-refractivity contribution is 8.59. The second kappa shape index (κ2) is 16.6. The van der Waals surface area contributed by atoms with Crippen LogP contribution < -0.4 is 11.5 Å². The number of nitrogens with two attached hydrogens (primary N) is 2. The fourth-order valence-corrected chi connectivity index (χ4v) is 0. The summed E-state index contributed by atoms with van der Waals surface area (Å²) in [5.74, 6) is -0.963. The zero-order valence-corrected chi connectivity index (χ0v) is 8.22. The molecule has 0 radical (unpaired) electrons. The van der Waals surface area contributed by atoms with E-state index in [1.54, 1.807) is 0 Å². The molecule has 0 spiro atoms. The SMILES string of the molecule is C=CC(N)=O.C=CC(N)=O.SS. The minimum Gasteiger partial charge on any atom is -0.366 e. The van der Waals surface area contributed by atoms with Gasteiger partial charge in [0.2, 0.25) is 11.8 Å². The van der Waals surface area contributed by atoms with Crippen molar-refractivity contribution < 1.29 is 9.59 Å². The molecule has 2 amide bonds. The lowest BCUT2D eigenvalue weighted by Gasteiger charge is -1.65. The maximum absolute atomic E-state index is 9.47. The van der Waals surface area contributed by atoms with Crippen molar-refractivity contribution in [2.24, 2.45) is 11.5 Å². The highest BCUT2D eigenvalue weighted by Crippen LogP contribution is 1.65. The van der Waals surface area contributed by atoms with Gasteiger partial charge in [-0.15, -0.1) is 23.3 Å². The lowest BCUT2D eigenvalue weighted by Crippen LogP contribution is -2.04. The number of carbonyl (C=O) groups is 2. The van der Waals surface area contributed by atoms with Crippen molar-refractivity contribution in [1.82, 2.24) is 0 Å². The molecule has 0 saturated carbocycles. The smallest absolute Gasteiger partial charge is 0.240 e. The van der Waals surface area contributed by atoms with Crippen LogP contribution in [0, 0.1) is 0 Å². The maximum atomic E-state index is 9.47. The lowest BCUT2D eigenvalue weighted by atomic mass is 10.6. The molecule has 0 fully saturated rings. The number of hydrogen-bond donors (Lipinski definition) is 4. The number of hydrogen-bond acceptors (Lipinski definition) is 4. The Labute approximate surface area is 81.9 Å². The number of primary amides is 2. The van der Waals surface area contributed by atoms with Crippen LogP contribution in [-0.2, 0) is 9.59 Å². The molecule has 0 unspecified atom stereocenters. The monoisotopic (exact) mass is 208 g/mol. The molecule has 0 aromatic carbocycles. The minimum atomic E-state index is -0.481. The number of amides is 2. The van der Waals surface area contributed by atoms with Gasteiger partial charge in [0.25, 0.3) is 0 Å². The summed E-state index contributed by atoms with van der Waals surface area (Å²) in [5.41, 5.74) is 9.07. The summed E-state index contributed by atoms with van der Waals surface area (Å²) in [5, 5.41) is 0. The maximum Gasteiger partial charge on any atom is 0.240 e. The van der Waals surface area contributed by atoms with Crippen LogP contribution in [0.2, 0.25) is 0 Å². The second-order valence-corrected chi connectivity index (χ2v) is 1.21. The van der Waals surface area contributed by atoms with Crippen molar-refractivity contribution in [2.45, 2.75) is 0 Å². The van der Waals surface area contributed by atoms with E-state index < -0.39 is 11.8 Å². The number of thiol groups is 2. The normalized spacial score (nSPS) is 5.83. The van der Waals surface area contributed by atoms with E-state index in [4.69, 9.17) is 0 Å². The van der Waals surface area contributed by atoms with Crippen LogP contribution in [-0.4, -0.2) is 11.8 Å². The summed E-state index contributed by atoms with van der Waals surface area (Å²) in [7, 11) is 0. The van der Waals surface area contributed by atoms with Crippen LogP contribution >= 0.6 is 23.3 Å². The molecule has 0 aromatic heterocycles. The van der Waals surface area contributed by atoms with Crippen molar-refractivity contribution in [2.75, 3.05) is 0 Å². The second-order valence-electron chi connectivity index (χ2n) is 1.21. The minimum absolute atomic E-state index is 0.481. The molecule has 0 saturated heterocycles.